The van der Waals surface area contributed by atoms with Gasteiger partial charge >= 0.3 is 0 Å². The molecule has 0 aliphatic rings. The Morgan fingerprint density at radius 1 is 1.57 bits per heavy atom. The molecule has 0 saturated heterocycles. The molecule has 14 heavy (non-hydrogen) atoms. The minimum atomic E-state index is 0.519. The van der Waals surface area contributed by atoms with E-state index >= 15 is 0 Å². The second kappa shape index (κ2) is 5.08. The highest BCUT2D eigenvalue weighted by Crippen LogP contribution is 2.13. The average molecular weight is 187 g/mol. The monoisotopic (exact) mass is 187 g/mol. The van der Waals surface area contributed by atoms with Crippen LogP contribution in [0.15, 0.2) is 36.4 Å². The predicted molar refractivity (Wildman–Crippen MR) is 56.1 cm³/mol. The second-order valence-corrected chi connectivity index (χ2v) is 3.03. The molecule has 0 aliphatic carbocycles. The summed E-state index contributed by atoms with van der Waals surface area (Å²) in [6.45, 7) is 6.40. The van der Waals surface area contributed by atoms with E-state index < -0.39 is 0 Å². The fourth-order valence-corrected chi connectivity index (χ4v) is 0.943. The van der Waals surface area contributed by atoms with Gasteiger partial charge in [0.05, 0.1) is 11.6 Å². The third-order valence-electron chi connectivity index (χ3n) is 1.91. The first-order valence-electron chi connectivity index (χ1n) is 4.56. The van der Waals surface area contributed by atoms with E-state index in [4.69, 9.17) is 10.00 Å². The van der Waals surface area contributed by atoms with Crippen LogP contribution >= 0.6 is 0 Å². The van der Waals surface area contributed by atoms with Gasteiger partial charge in [0.2, 0.25) is 0 Å². The van der Waals surface area contributed by atoms with Crippen molar-refractivity contribution in [1.82, 2.24) is 0 Å². The molecule has 0 fully saturated rings. The van der Waals surface area contributed by atoms with Crippen LogP contribution in [-0.2, 0) is 0 Å². The summed E-state index contributed by atoms with van der Waals surface area (Å²) in [6, 6.07) is 9.19. The number of hydrogen-bond acceptors (Lipinski definition) is 2. The summed E-state index contributed by atoms with van der Waals surface area (Å²) in [5.74, 6) is 0.721. The van der Waals surface area contributed by atoms with Gasteiger partial charge in [0.15, 0.2) is 0 Å². The van der Waals surface area contributed by atoms with Crippen molar-refractivity contribution < 1.29 is 4.74 Å². The minimum Gasteiger partial charge on any atom is -0.489 e. The maximum atomic E-state index is 8.66. The molecule has 0 N–H and O–H groups in total. The zero-order valence-electron chi connectivity index (χ0n) is 8.29. The summed E-state index contributed by atoms with van der Waals surface area (Å²) in [4.78, 5) is 0. The van der Waals surface area contributed by atoms with Gasteiger partial charge in [0.25, 0.3) is 0 Å². The first-order valence-corrected chi connectivity index (χ1v) is 4.56. The summed E-state index contributed by atoms with van der Waals surface area (Å²) in [7, 11) is 0. The Hall–Kier alpha value is -1.75. The van der Waals surface area contributed by atoms with Gasteiger partial charge in [-0.3, -0.25) is 0 Å². The predicted octanol–water partition coefficient (Wildman–Crippen LogP) is 2.90. The maximum absolute atomic E-state index is 8.66. The van der Waals surface area contributed by atoms with Crippen LogP contribution in [0.2, 0.25) is 0 Å². The molecule has 2 nitrogen and oxygen atoms in total. The molecule has 0 amide bonds. The third-order valence-corrected chi connectivity index (χ3v) is 1.91. The maximum Gasteiger partial charge on any atom is 0.121 e. The van der Waals surface area contributed by atoms with E-state index in [0.29, 0.717) is 12.2 Å². The molecule has 0 aromatic heterocycles. The van der Waals surface area contributed by atoms with Crippen molar-refractivity contribution in [3.63, 3.8) is 0 Å². The highest BCUT2D eigenvalue weighted by atomic mass is 16.5. The lowest BCUT2D eigenvalue weighted by atomic mass is 10.2. The average Bonchev–Trinajstić information content (AvgIpc) is 2.26. The van der Waals surface area contributed by atoms with Crippen molar-refractivity contribution in [2.24, 2.45) is 0 Å². The van der Waals surface area contributed by atoms with Crippen LogP contribution in [0.5, 0.6) is 5.75 Å². The lowest BCUT2D eigenvalue weighted by Crippen LogP contribution is -1.99. The van der Waals surface area contributed by atoms with Crippen molar-refractivity contribution in [2.75, 3.05) is 6.61 Å². The fourth-order valence-electron chi connectivity index (χ4n) is 0.943. The van der Waals surface area contributed by atoms with Gasteiger partial charge < -0.3 is 4.74 Å². The van der Waals surface area contributed by atoms with Crippen molar-refractivity contribution in [2.45, 2.75) is 13.3 Å². The first kappa shape index (κ1) is 10.3. The zero-order valence-corrected chi connectivity index (χ0v) is 8.29. The van der Waals surface area contributed by atoms with E-state index in [1.165, 1.54) is 0 Å². The van der Waals surface area contributed by atoms with E-state index in [0.717, 1.165) is 17.7 Å². The number of benzene rings is 1. The molecule has 0 bridgehead atoms. The Morgan fingerprint density at radius 3 is 3.00 bits per heavy atom. The van der Waals surface area contributed by atoms with Crippen LogP contribution < -0.4 is 4.74 Å². The lowest BCUT2D eigenvalue weighted by molar-refractivity contribution is 0.349. The van der Waals surface area contributed by atoms with E-state index in [1.54, 1.807) is 12.1 Å². The number of nitriles is 1. The van der Waals surface area contributed by atoms with Crippen LogP contribution in [0.1, 0.15) is 18.9 Å². The Kier molecular flexibility index (Phi) is 3.75. The van der Waals surface area contributed by atoms with Gasteiger partial charge in [-0.25, -0.2) is 0 Å². The van der Waals surface area contributed by atoms with Gasteiger partial charge in [0.1, 0.15) is 12.4 Å². The number of hydrogen-bond donors (Lipinski definition) is 0. The number of rotatable bonds is 4. The van der Waals surface area contributed by atoms with Gasteiger partial charge in [-0.2, -0.15) is 5.26 Å². The number of ether oxygens (including phenoxy) is 1. The Labute approximate surface area is 84.4 Å². The summed E-state index contributed by atoms with van der Waals surface area (Å²) in [5.41, 5.74) is 1.66. The molecule has 72 valence electrons. The summed E-state index contributed by atoms with van der Waals surface area (Å²) in [5, 5.41) is 8.66. The number of nitrogens with zero attached hydrogens (tertiary/aromatic N) is 1. The van der Waals surface area contributed by atoms with E-state index in [2.05, 4.69) is 12.6 Å². The van der Waals surface area contributed by atoms with E-state index in [1.807, 2.05) is 19.1 Å². The van der Waals surface area contributed by atoms with Gasteiger partial charge in [0, 0.05) is 0 Å². The van der Waals surface area contributed by atoms with Gasteiger partial charge in [-0.15, -0.1) is 0 Å². The van der Waals surface area contributed by atoms with Crippen LogP contribution in [0.3, 0.4) is 0 Å². The molecule has 0 aliphatic heterocycles. The third kappa shape index (κ3) is 2.95. The molecule has 0 heterocycles. The second-order valence-electron chi connectivity index (χ2n) is 3.03. The van der Waals surface area contributed by atoms with Crippen LogP contribution in [0, 0.1) is 11.3 Å². The largest absolute Gasteiger partial charge is 0.489 e. The Bertz CT molecular complexity index is 363. The first-order chi connectivity index (χ1) is 6.76. The molecular formula is C12H13NO. The fraction of sp³-hybridized carbons (Fsp3) is 0.250. The molecule has 0 radical (unpaired) electrons. The topological polar surface area (TPSA) is 33.0 Å². The molecule has 0 saturated carbocycles. The van der Waals surface area contributed by atoms with E-state index in [9.17, 15) is 0 Å². The quantitative estimate of drug-likeness (QED) is 0.679. The SMILES string of the molecule is C=C(CC)COc1cccc(C#N)c1. The van der Waals surface area contributed by atoms with Gasteiger partial charge in [-0.1, -0.05) is 19.6 Å². The highest BCUT2D eigenvalue weighted by molar-refractivity contribution is 5.36. The van der Waals surface area contributed by atoms with E-state index in [-0.39, 0.29) is 0 Å². The van der Waals surface area contributed by atoms with Crippen molar-refractivity contribution in [3.8, 4) is 11.8 Å². The van der Waals surface area contributed by atoms with Crippen molar-refractivity contribution >= 4 is 0 Å². The highest BCUT2D eigenvalue weighted by Gasteiger charge is 1.96. The summed E-state index contributed by atoms with van der Waals surface area (Å²) < 4.78 is 5.45. The van der Waals surface area contributed by atoms with Gasteiger partial charge in [-0.05, 0) is 30.2 Å². The molecule has 0 spiro atoms. The molecular weight excluding hydrogens is 174 g/mol. The standard InChI is InChI=1S/C12H13NO/c1-3-10(2)9-14-12-6-4-5-11(7-12)8-13/h4-7H,2-3,9H2,1H3. The summed E-state index contributed by atoms with van der Waals surface area (Å²) in [6.07, 6.45) is 0.915. The molecule has 1 aromatic rings. The molecule has 0 unspecified atom stereocenters. The lowest BCUT2D eigenvalue weighted by Gasteiger charge is -2.06. The Balaban J connectivity index is 2.60. The molecule has 1 aromatic carbocycles. The zero-order chi connectivity index (χ0) is 10.4. The van der Waals surface area contributed by atoms with Crippen LogP contribution in [0.4, 0.5) is 0 Å². The minimum absolute atomic E-state index is 0.519. The van der Waals surface area contributed by atoms with Crippen LogP contribution in [-0.4, -0.2) is 6.61 Å². The molecule has 1 rings (SSSR count). The smallest absolute Gasteiger partial charge is 0.121 e. The van der Waals surface area contributed by atoms with Crippen LogP contribution in [0.25, 0.3) is 0 Å². The van der Waals surface area contributed by atoms with Crippen molar-refractivity contribution in [1.29, 1.82) is 5.26 Å². The Morgan fingerprint density at radius 2 is 2.36 bits per heavy atom. The summed E-state index contributed by atoms with van der Waals surface area (Å²) >= 11 is 0. The molecule has 0 atom stereocenters. The van der Waals surface area contributed by atoms with Crippen molar-refractivity contribution in [3.05, 3.63) is 42.0 Å². The normalized spacial score (nSPS) is 9.14. The molecule has 2 heteroatoms.